The summed E-state index contributed by atoms with van der Waals surface area (Å²) in [5.74, 6) is 0. The summed E-state index contributed by atoms with van der Waals surface area (Å²) in [7, 11) is -1.57. The highest BCUT2D eigenvalue weighted by molar-refractivity contribution is 7.86. The first-order valence-corrected chi connectivity index (χ1v) is 11.4. The lowest BCUT2D eigenvalue weighted by Crippen LogP contribution is -2.36. The van der Waals surface area contributed by atoms with E-state index in [9.17, 15) is 4.21 Å². The maximum Gasteiger partial charge on any atom is 0.169 e. The quantitative estimate of drug-likeness (QED) is 0.443. The largest absolute Gasteiger partial charge is 0.378 e. The van der Waals surface area contributed by atoms with Crippen LogP contribution in [0.5, 0.6) is 0 Å². The third kappa shape index (κ3) is 4.00. The molecule has 1 fully saturated rings. The summed E-state index contributed by atoms with van der Waals surface area (Å²) in [5, 5.41) is 8.22. The molecule has 0 radical (unpaired) electrons. The summed E-state index contributed by atoms with van der Waals surface area (Å²) in [6, 6.07) is 15.8. The van der Waals surface area contributed by atoms with Crippen molar-refractivity contribution in [1.82, 2.24) is 14.4 Å². The predicted octanol–water partition coefficient (Wildman–Crippen LogP) is 3.37. The number of imidazole rings is 1. The van der Waals surface area contributed by atoms with E-state index in [2.05, 4.69) is 43.9 Å². The number of hydrogen-bond acceptors (Lipinski definition) is 6. The first-order valence-electron chi connectivity index (χ1n) is 10.3. The van der Waals surface area contributed by atoms with Crippen molar-refractivity contribution >= 4 is 34.2 Å². The Balaban J connectivity index is 1.41. The van der Waals surface area contributed by atoms with Crippen molar-refractivity contribution in [2.45, 2.75) is 5.03 Å². The van der Waals surface area contributed by atoms with E-state index in [1.54, 1.807) is 16.8 Å². The van der Waals surface area contributed by atoms with Gasteiger partial charge in [-0.2, -0.15) is 0 Å². The Morgan fingerprint density at radius 3 is 2.62 bits per heavy atom. The molecule has 32 heavy (non-hydrogen) atoms. The van der Waals surface area contributed by atoms with Gasteiger partial charge in [0.1, 0.15) is 11.3 Å². The van der Waals surface area contributed by atoms with Crippen molar-refractivity contribution in [2.75, 3.05) is 35.9 Å². The number of fused-ring (bicyclic) bond motifs is 1. The molecule has 1 saturated heterocycles. The van der Waals surface area contributed by atoms with Crippen LogP contribution in [0.4, 0.5) is 11.4 Å². The van der Waals surface area contributed by atoms with Gasteiger partial charge in [0.2, 0.25) is 0 Å². The van der Waals surface area contributed by atoms with Crippen LogP contribution in [0.15, 0.2) is 72.1 Å². The minimum atomic E-state index is -1.57. The van der Waals surface area contributed by atoms with E-state index >= 15 is 0 Å². The molecule has 1 atom stereocenters. The minimum Gasteiger partial charge on any atom is -0.378 e. The van der Waals surface area contributed by atoms with Gasteiger partial charge in [0.05, 0.1) is 25.1 Å². The molecule has 5 rings (SSSR count). The Morgan fingerprint density at radius 2 is 1.84 bits per heavy atom. The SMILES string of the molecule is N=Cc1ncc(-c2ccc(N3CCOCC3)cc2)cc1NS(=O)c1cnc2ccccn12. The van der Waals surface area contributed by atoms with Gasteiger partial charge in [0.25, 0.3) is 0 Å². The Hall–Kier alpha value is -3.56. The van der Waals surface area contributed by atoms with Gasteiger partial charge in [-0.15, -0.1) is 0 Å². The zero-order chi connectivity index (χ0) is 21.9. The van der Waals surface area contributed by atoms with Gasteiger partial charge in [-0.05, 0) is 35.9 Å². The minimum absolute atomic E-state index is 0.417. The van der Waals surface area contributed by atoms with E-state index < -0.39 is 11.0 Å². The number of nitrogens with zero attached hydrogens (tertiary/aromatic N) is 4. The Kier molecular flexibility index (Phi) is 5.66. The van der Waals surface area contributed by atoms with Crippen LogP contribution in [0.3, 0.4) is 0 Å². The molecule has 3 aromatic heterocycles. The van der Waals surface area contributed by atoms with Crippen LogP contribution in [0.25, 0.3) is 16.8 Å². The number of anilines is 2. The molecule has 0 aliphatic carbocycles. The third-order valence-corrected chi connectivity index (χ3v) is 6.50. The van der Waals surface area contributed by atoms with Crippen molar-refractivity contribution in [3.63, 3.8) is 0 Å². The number of benzene rings is 1. The summed E-state index contributed by atoms with van der Waals surface area (Å²) in [6.45, 7) is 3.26. The average Bonchev–Trinajstić information content (AvgIpc) is 3.29. The van der Waals surface area contributed by atoms with Crippen LogP contribution >= 0.6 is 0 Å². The lowest BCUT2D eigenvalue weighted by atomic mass is 10.1. The molecular formula is C23H22N6O2S. The molecule has 162 valence electrons. The molecule has 4 aromatic rings. The topological polar surface area (TPSA) is 95.6 Å². The van der Waals surface area contributed by atoms with E-state index in [4.69, 9.17) is 10.1 Å². The highest BCUT2D eigenvalue weighted by Gasteiger charge is 2.15. The molecule has 0 amide bonds. The number of morpholine rings is 1. The third-order valence-electron chi connectivity index (χ3n) is 5.41. The number of aromatic nitrogens is 3. The number of pyridine rings is 2. The molecule has 0 bridgehead atoms. The first-order chi connectivity index (χ1) is 15.7. The highest BCUT2D eigenvalue weighted by Crippen LogP contribution is 2.27. The lowest BCUT2D eigenvalue weighted by molar-refractivity contribution is 0.122. The van der Waals surface area contributed by atoms with Crippen molar-refractivity contribution in [3.8, 4) is 11.1 Å². The molecule has 9 heteroatoms. The zero-order valence-electron chi connectivity index (χ0n) is 17.3. The van der Waals surface area contributed by atoms with E-state index in [1.165, 1.54) is 0 Å². The highest BCUT2D eigenvalue weighted by atomic mass is 32.2. The normalized spacial score (nSPS) is 14.9. The smallest absolute Gasteiger partial charge is 0.169 e. The van der Waals surface area contributed by atoms with Crippen LogP contribution < -0.4 is 9.62 Å². The van der Waals surface area contributed by atoms with Crippen molar-refractivity contribution in [1.29, 1.82) is 5.41 Å². The molecule has 1 aromatic carbocycles. The van der Waals surface area contributed by atoms with Crippen molar-refractivity contribution in [2.24, 2.45) is 0 Å². The summed E-state index contributed by atoms with van der Waals surface area (Å²) < 4.78 is 23.2. The van der Waals surface area contributed by atoms with Gasteiger partial charge in [-0.3, -0.25) is 14.1 Å². The summed E-state index contributed by atoms with van der Waals surface area (Å²) in [6.07, 6.45) is 6.29. The number of nitrogens with one attached hydrogen (secondary N) is 2. The van der Waals surface area contributed by atoms with Crippen molar-refractivity contribution < 1.29 is 8.95 Å². The fourth-order valence-electron chi connectivity index (χ4n) is 3.71. The monoisotopic (exact) mass is 446 g/mol. The summed E-state index contributed by atoms with van der Waals surface area (Å²) in [4.78, 5) is 11.0. The van der Waals surface area contributed by atoms with Crippen LogP contribution in [-0.2, 0) is 15.7 Å². The molecule has 1 aliphatic rings. The Morgan fingerprint density at radius 1 is 1.03 bits per heavy atom. The van der Waals surface area contributed by atoms with E-state index in [1.807, 2.05) is 30.5 Å². The Bertz CT molecular complexity index is 1280. The molecular weight excluding hydrogens is 424 g/mol. The van der Waals surface area contributed by atoms with Gasteiger partial charge < -0.3 is 15.0 Å². The van der Waals surface area contributed by atoms with Crippen LogP contribution in [0.2, 0.25) is 0 Å². The second-order valence-electron chi connectivity index (χ2n) is 7.34. The number of ether oxygens (including phenoxy) is 1. The predicted molar refractivity (Wildman–Crippen MR) is 126 cm³/mol. The maximum absolute atomic E-state index is 13.0. The van der Waals surface area contributed by atoms with E-state index in [0.717, 1.165) is 55.0 Å². The lowest BCUT2D eigenvalue weighted by Gasteiger charge is -2.28. The molecule has 0 spiro atoms. The van der Waals surface area contributed by atoms with Gasteiger partial charge in [0.15, 0.2) is 16.0 Å². The van der Waals surface area contributed by atoms with E-state index in [0.29, 0.717) is 16.4 Å². The first kappa shape index (κ1) is 20.3. The van der Waals surface area contributed by atoms with Crippen LogP contribution in [-0.4, -0.2) is 51.1 Å². The fourth-order valence-corrected chi connectivity index (χ4v) is 4.66. The van der Waals surface area contributed by atoms with Crippen LogP contribution in [0.1, 0.15) is 5.69 Å². The van der Waals surface area contributed by atoms with Gasteiger partial charge in [-0.25, -0.2) is 9.19 Å². The number of hydrogen-bond donors (Lipinski definition) is 2. The fraction of sp³-hybridized carbons (Fsp3) is 0.174. The molecule has 4 heterocycles. The second kappa shape index (κ2) is 8.89. The van der Waals surface area contributed by atoms with Gasteiger partial charge in [-0.1, -0.05) is 18.2 Å². The molecule has 1 aliphatic heterocycles. The van der Waals surface area contributed by atoms with E-state index in [-0.39, 0.29) is 0 Å². The Labute approximate surface area is 188 Å². The van der Waals surface area contributed by atoms with Gasteiger partial charge >= 0.3 is 0 Å². The molecule has 0 saturated carbocycles. The summed E-state index contributed by atoms with van der Waals surface area (Å²) in [5.41, 5.74) is 4.70. The zero-order valence-corrected chi connectivity index (χ0v) is 18.1. The van der Waals surface area contributed by atoms with Gasteiger partial charge in [0, 0.05) is 42.9 Å². The number of rotatable bonds is 6. The van der Waals surface area contributed by atoms with Crippen LogP contribution in [0, 0.1) is 5.41 Å². The van der Waals surface area contributed by atoms with Crippen molar-refractivity contribution in [3.05, 3.63) is 72.8 Å². The molecule has 8 nitrogen and oxygen atoms in total. The average molecular weight is 447 g/mol. The standard InChI is InChI=1S/C23H22N6O2S/c24-14-21-20(27-32(30)23-16-26-22-3-1-2-8-29(22)23)13-18(15-25-21)17-4-6-19(7-5-17)28-9-11-31-12-10-28/h1-8,13-16,24,27H,9-12H2. The maximum atomic E-state index is 13.0. The second-order valence-corrected chi connectivity index (χ2v) is 8.50. The molecule has 1 unspecified atom stereocenters. The molecule has 2 N–H and O–H groups in total. The summed E-state index contributed by atoms with van der Waals surface area (Å²) >= 11 is 0.